The standard InChI is InChI=1S/C16H26N2O3/c1-3-9-18(10-4-2)15(19)17-13-14-5-7-16(8-6-14)20-11-12-21-16/h3-4,14H,1-2,5-13H2,(H,17,19). The van der Waals surface area contributed by atoms with Gasteiger partial charge in [-0.1, -0.05) is 12.2 Å². The third-order valence-corrected chi connectivity index (χ3v) is 4.21. The second kappa shape index (κ2) is 7.61. The number of amides is 2. The van der Waals surface area contributed by atoms with Gasteiger partial charge in [-0.2, -0.15) is 0 Å². The Labute approximate surface area is 127 Å². The van der Waals surface area contributed by atoms with Gasteiger partial charge < -0.3 is 19.7 Å². The van der Waals surface area contributed by atoms with Crippen molar-refractivity contribution in [3.05, 3.63) is 25.3 Å². The molecule has 2 aliphatic rings. The van der Waals surface area contributed by atoms with Gasteiger partial charge in [0.05, 0.1) is 13.2 Å². The van der Waals surface area contributed by atoms with Crippen LogP contribution in [-0.4, -0.2) is 49.6 Å². The maximum atomic E-state index is 12.1. The summed E-state index contributed by atoms with van der Waals surface area (Å²) in [5.74, 6) is 0.180. The van der Waals surface area contributed by atoms with Crippen LogP contribution in [0, 0.1) is 5.92 Å². The highest BCUT2D eigenvalue weighted by Crippen LogP contribution is 2.37. The van der Waals surface area contributed by atoms with Gasteiger partial charge in [-0.05, 0) is 18.8 Å². The molecule has 21 heavy (non-hydrogen) atoms. The summed E-state index contributed by atoms with van der Waals surface area (Å²) in [5, 5.41) is 3.01. The second-order valence-electron chi connectivity index (χ2n) is 5.72. The topological polar surface area (TPSA) is 50.8 Å². The summed E-state index contributed by atoms with van der Waals surface area (Å²) in [6.07, 6.45) is 7.37. The van der Waals surface area contributed by atoms with Gasteiger partial charge in [0, 0.05) is 32.5 Å². The fourth-order valence-electron chi connectivity index (χ4n) is 3.00. The number of urea groups is 1. The molecule has 0 aromatic carbocycles. The Morgan fingerprint density at radius 1 is 1.19 bits per heavy atom. The number of carbonyl (C=O) groups excluding carboxylic acids is 1. The lowest BCUT2D eigenvalue weighted by molar-refractivity contribution is -0.182. The highest BCUT2D eigenvalue weighted by molar-refractivity contribution is 5.74. The first kappa shape index (κ1) is 16.0. The highest BCUT2D eigenvalue weighted by atomic mass is 16.7. The van der Waals surface area contributed by atoms with Crippen LogP contribution in [0.15, 0.2) is 25.3 Å². The van der Waals surface area contributed by atoms with E-state index in [1.165, 1.54) is 0 Å². The van der Waals surface area contributed by atoms with E-state index < -0.39 is 0 Å². The van der Waals surface area contributed by atoms with Crippen molar-refractivity contribution in [2.24, 2.45) is 5.92 Å². The minimum Gasteiger partial charge on any atom is -0.348 e. The van der Waals surface area contributed by atoms with Gasteiger partial charge >= 0.3 is 6.03 Å². The number of hydrogen-bond acceptors (Lipinski definition) is 3. The Morgan fingerprint density at radius 3 is 2.29 bits per heavy atom. The Hall–Kier alpha value is -1.33. The Morgan fingerprint density at radius 2 is 1.76 bits per heavy atom. The second-order valence-corrected chi connectivity index (χ2v) is 5.72. The van der Waals surface area contributed by atoms with Crippen molar-refractivity contribution in [2.75, 3.05) is 32.8 Å². The molecule has 0 radical (unpaired) electrons. The molecule has 0 atom stereocenters. The normalized spacial score (nSPS) is 21.1. The summed E-state index contributed by atoms with van der Waals surface area (Å²) in [7, 11) is 0. The number of hydrogen-bond donors (Lipinski definition) is 1. The molecule has 2 fully saturated rings. The molecule has 1 aliphatic carbocycles. The van der Waals surface area contributed by atoms with Crippen LogP contribution >= 0.6 is 0 Å². The van der Waals surface area contributed by atoms with Gasteiger partial charge in [0.2, 0.25) is 0 Å². The van der Waals surface area contributed by atoms with Gasteiger partial charge in [-0.3, -0.25) is 0 Å². The molecule has 1 heterocycles. The minimum atomic E-state index is -0.321. The fourth-order valence-corrected chi connectivity index (χ4v) is 3.00. The van der Waals surface area contributed by atoms with E-state index >= 15 is 0 Å². The van der Waals surface area contributed by atoms with Gasteiger partial charge in [0.25, 0.3) is 0 Å². The van der Waals surface area contributed by atoms with Crippen LogP contribution < -0.4 is 5.32 Å². The summed E-state index contributed by atoms with van der Waals surface area (Å²) in [5.41, 5.74) is 0. The van der Waals surface area contributed by atoms with Gasteiger partial charge in [0.1, 0.15) is 0 Å². The summed E-state index contributed by atoms with van der Waals surface area (Å²) in [6.45, 7) is 10.5. The van der Waals surface area contributed by atoms with E-state index in [2.05, 4.69) is 18.5 Å². The lowest BCUT2D eigenvalue weighted by Crippen LogP contribution is -2.43. The lowest BCUT2D eigenvalue weighted by Gasteiger charge is -2.35. The van der Waals surface area contributed by atoms with Crippen molar-refractivity contribution < 1.29 is 14.3 Å². The van der Waals surface area contributed by atoms with Crippen molar-refractivity contribution in [3.8, 4) is 0 Å². The van der Waals surface area contributed by atoms with Crippen LogP contribution in [0.25, 0.3) is 0 Å². The third-order valence-electron chi connectivity index (χ3n) is 4.21. The van der Waals surface area contributed by atoms with Crippen molar-refractivity contribution in [2.45, 2.75) is 31.5 Å². The molecule has 5 heteroatoms. The van der Waals surface area contributed by atoms with E-state index in [0.717, 1.165) is 25.7 Å². The van der Waals surface area contributed by atoms with Crippen molar-refractivity contribution >= 4 is 6.03 Å². The summed E-state index contributed by atoms with van der Waals surface area (Å²) < 4.78 is 11.4. The van der Waals surface area contributed by atoms with E-state index in [1.54, 1.807) is 17.1 Å². The molecule has 118 valence electrons. The molecule has 2 amide bonds. The Balaban J connectivity index is 1.72. The molecular formula is C16H26N2O3. The van der Waals surface area contributed by atoms with Crippen molar-refractivity contribution in [1.82, 2.24) is 10.2 Å². The van der Waals surface area contributed by atoms with Gasteiger partial charge in [-0.25, -0.2) is 4.79 Å². The van der Waals surface area contributed by atoms with E-state index in [9.17, 15) is 4.79 Å². The zero-order valence-electron chi connectivity index (χ0n) is 12.7. The van der Waals surface area contributed by atoms with Crippen LogP contribution in [0.1, 0.15) is 25.7 Å². The summed E-state index contributed by atoms with van der Waals surface area (Å²) in [4.78, 5) is 13.8. The van der Waals surface area contributed by atoms with Gasteiger partial charge in [0.15, 0.2) is 5.79 Å². The molecule has 1 saturated heterocycles. The largest absolute Gasteiger partial charge is 0.348 e. The Kier molecular flexibility index (Phi) is 5.82. The minimum absolute atomic E-state index is 0.0524. The molecule has 0 aromatic rings. The van der Waals surface area contributed by atoms with E-state index in [0.29, 0.717) is 38.8 Å². The molecule has 1 spiro atoms. The zero-order chi connectivity index (χ0) is 15.1. The number of ether oxygens (including phenoxy) is 2. The van der Waals surface area contributed by atoms with E-state index in [4.69, 9.17) is 9.47 Å². The number of nitrogens with one attached hydrogen (secondary N) is 1. The Bertz CT molecular complexity index is 358. The lowest BCUT2D eigenvalue weighted by atomic mass is 9.85. The van der Waals surface area contributed by atoms with Crippen LogP contribution in [0.2, 0.25) is 0 Å². The molecule has 1 aliphatic heterocycles. The molecule has 0 unspecified atom stereocenters. The fraction of sp³-hybridized carbons (Fsp3) is 0.688. The van der Waals surface area contributed by atoms with E-state index in [1.807, 2.05) is 0 Å². The molecule has 2 rings (SSSR count). The average Bonchev–Trinajstić information content (AvgIpc) is 2.94. The molecule has 0 aromatic heterocycles. The molecule has 5 nitrogen and oxygen atoms in total. The SMILES string of the molecule is C=CCN(CC=C)C(=O)NCC1CCC2(CC1)OCCO2. The first-order valence-corrected chi connectivity index (χ1v) is 7.71. The monoisotopic (exact) mass is 294 g/mol. The summed E-state index contributed by atoms with van der Waals surface area (Å²) >= 11 is 0. The maximum absolute atomic E-state index is 12.1. The predicted octanol–water partition coefficient (Wildman–Crippen LogP) is 2.30. The third kappa shape index (κ3) is 4.32. The molecular weight excluding hydrogens is 268 g/mol. The predicted molar refractivity (Wildman–Crippen MR) is 82.0 cm³/mol. The highest BCUT2D eigenvalue weighted by Gasteiger charge is 2.40. The quantitative estimate of drug-likeness (QED) is 0.765. The number of rotatable bonds is 6. The van der Waals surface area contributed by atoms with Crippen LogP contribution in [0.5, 0.6) is 0 Å². The van der Waals surface area contributed by atoms with Crippen LogP contribution in [0.3, 0.4) is 0 Å². The number of carbonyl (C=O) groups is 1. The zero-order valence-corrected chi connectivity index (χ0v) is 12.7. The maximum Gasteiger partial charge on any atom is 0.317 e. The smallest absolute Gasteiger partial charge is 0.317 e. The first-order chi connectivity index (χ1) is 10.2. The average molecular weight is 294 g/mol. The molecule has 1 N–H and O–H groups in total. The van der Waals surface area contributed by atoms with Gasteiger partial charge in [-0.15, -0.1) is 13.2 Å². The van der Waals surface area contributed by atoms with E-state index in [-0.39, 0.29) is 11.8 Å². The van der Waals surface area contributed by atoms with Crippen LogP contribution in [0.4, 0.5) is 4.79 Å². The summed E-state index contributed by atoms with van der Waals surface area (Å²) in [6, 6.07) is -0.0524. The van der Waals surface area contributed by atoms with Crippen molar-refractivity contribution in [3.63, 3.8) is 0 Å². The number of nitrogens with zero attached hydrogens (tertiary/aromatic N) is 1. The first-order valence-electron chi connectivity index (χ1n) is 7.71. The molecule has 1 saturated carbocycles. The van der Waals surface area contributed by atoms with Crippen molar-refractivity contribution in [1.29, 1.82) is 0 Å². The van der Waals surface area contributed by atoms with Crippen LogP contribution in [-0.2, 0) is 9.47 Å². The molecule has 0 bridgehead atoms.